The molecule has 210 valence electrons. The van der Waals surface area contributed by atoms with Crippen LogP contribution in [0.25, 0.3) is 0 Å². The summed E-state index contributed by atoms with van der Waals surface area (Å²) < 4.78 is 83.1. The van der Waals surface area contributed by atoms with Gasteiger partial charge in [0.25, 0.3) is 0 Å². The normalized spacial score (nSPS) is 18.4. The third-order valence-corrected chi connectivity index (χ3v) is 6.75. The first-order valence-electron chi connectivity index (χ1n) is 10.8. The minimum Gasteiger partial charge on any atom is -0.475 e. The van der Waals surface area contributed by atoms with E-state index >= 15 is 0 Å². The van der Waals surface area contributed by atoms with Crippen molar-refractivity contribution in [1.29, 1.82) is 0 Å². The molecule has 2 N–H and O–H groups in total. The molecular weight excluding hydrogens is 549 g/mol. The van der Waals surface area contributed by atoms with Crippen LogP contribution in [0.4, 0.5) is 30.7 Å². The first-order chi connectivity index (χ1) is 17.6. The number of aromatic nitrogens is 1. The van der Waals surface area contributed by atoms with Crippen molar-refractivity contribution in [3.05, 3.63) is 65.7 Å². The number of rotatable bonds is 5. The zero-order valence-electron chi connectivity index (χ0n) is 19.5. The van der Waals surface area contributed by atoms with Crippen LogP contribution in [0.3, 0.4) is 0 Å². The number of hydrogen-bond donors (Lipinski definition) is 2. The van der Waals surface area contributed by atoms with E-state index in [0.29, 0.717) is 17.5 Å². The molecule has 1 aromatic carbocycles. The van der Waals surface area contributed by atoms with Gasteiger partial charge in [-0.2, -0.15) is 26.3 Å². The second-order valence-electron chi connectivity index (χ2n) is 8.33. The standard InChI is InChI=1S/C19H21FN2OS.2C2HF3O2/c20-16-5-3-4-15(8-16)10-22-13-19(14-22)9-18(12-24-19)23-11-17-6-1-2-7-21-17;2*3-2(4,5)1(6)7/h1-8,18H,9-14H2;2*(H,6,7). The maximum Gasteiger partial charge on any atom is 0.490 e. The fraction of sp³-hybridized carbons (Fsp3) is 0.435. The average Bonchev–Trinajstić information content (AvgIpc) is 3.22. The van der Waals surface area contributed by atoms with Gasteiger partial charge in [0.05, 0.1) is 18.4 Å². The van der Waals surface area contributed by atoms with Crippen LogP contribution in [0.2, 0.25) is 0 Å². The van der Waals surface area contributed by atoms with E-state index in [1.54, 1.807) is 18.3 Å². The predicted octanol–water partition coefficient (Wildman–Crippen LogP) is 4.76. The van der Waals surface area contributed by atoms with E-state index in [2.05, 4.69) is 9.88 Å². The number of carboxylic acid groups (broad SMARTS) is 2. The summed E-state index contributed by atoms with van der Waals surface area (Å²) in [6.45, 7) is 3.56. The van der Waals surface area contributed by atoms with Crippen molar-refractivity contribution < 1.29 is 55.3 Å². The number of carbonyl (C=O) groups is 2. The van der Waals surface area contributed by atoms with Crippen LogP contribution < -0.4 is 0 Å². The molecule has 2 aromatic rings. The Labute approximate surface area is 216 Å². The number of aliphatic carboxylic acids is 2. The van der Waals surface area contributed by atoms with Gasteiger partial charge in [-0.3, -0.25) is 9.88 Å². The number of likely N-dealkylation sites (tertiary alicyclic amines) is 1. The van der Waals surface area contributed by atoms with Crippen molar-refractivity contribution in [1.82, 2.24) is 9.88 Å². The van der Waals surface area contributed by atoms with Crippen molar-refractivity contribution in [2.45, 2.75) is 42.8 Å². The van der Waals surface area contributed by atoms with E-state index in [4.69, 9.17) is 24.5 Å². The second kappa shape index (κ2) is 13.2. The van der Waals surface area contributed by atoms with Crippen LogP contribution in [0.5, 0.6) is 0 Å². The molecular formula is C23H23F7N2O5S. The number of pyridine rings is 1. The maximum absolute atomic E-state index is 13.3. The summed E-state index contributed by atoms with van der Waals surface area (Å²) in [5.41, 5.74) is 2.04. The Morgan fingerprint density at radius 1 is 1.03 bits per heavy atom. The molecule has 1 aromatic heterocycles. The molecule has 0 radical (unpaired) electrons. The molecule has 1 spiro atoms. The SMILES string of the molecule is Fc1cccc(CN2CC3(CC(OCc4ccccn4)CS3)C2)c1.O=C(O)C(F)(F)F.O=C(O)C(F)(F)F. The van der Waals surface area contributed by atoms with Gasteiger partial charge in [0.1, 0.15) is 5.82 Å². The summed E-state index contributed by atoms with van der Waals surface area (Å²) in [5.74, 6) is -4.61. The van der Waals surface area contributed by atoms with E-state index < -0.39 is 24.3 Å². The van der Waals surface area contributed by atoms with Gasteiger partial charge in [-0.15, -0.1) is 11.8 Å². The van der Waals surface area contributed by atoms with Gasteiger partial charge < -0.3 is 14.9 Å². The first-order valence-corrected chi connectivity index (χ1v) is 11.8. The fourth-order valence-corrected chi connectivity index (χ4v) is 5.20. The van der Waals surface area contributed by atoms with Crippen LogP contribution in [-0.4, -0.2) is 74.1 Å². The second-order valence-corrected chi connectivity index (χ2v) is 9.82. The van der Waals surface area contributed by atoms with Crippen LogP contribution in [0.1, 0.15) is 17.7 Å². The number of thioether (sulfide) groups is 1. The predicted molar refractivity (Wildman–Crippen MR) is 122 cm³/mol. The van der Waals surface area contributed by atoms with E-state index in [-0.39, 0.29) is 5.82 Å². The molecule has 38 heavy (non-hydrogen) atoms. The molecule has 1 atom stereocenters. The number of benzene rings is 1. The molecule has 4 rings (SSSR count). The molecule has 2 aliphatic rings. The lowest BCUT2D eigenvalue weighted by Gasteiger charge is -2.47. The first kappa shape index (κ1) is 31.3. The molecule has 15 heteroatoms. The Balaban J connectivity index is 0.000000301. The molecule has 7 nitrogen and oxygen atoms in total. The smallest absolute Gasteiger partial charge is 0.475 e. The van der Waals surface area contributed by atoms with Gasteiger partial charge in [-0.25, -0.2) is 14.0 Å². The lowest BCUT2D eigenvalue weighted by Crippen LogP contribution is -2.58. The van der Waals surface area contributed by atoms with Crippen LogP contribution in [0, 0.1) is 5.82 Å². The van der Waals surface area contributed by atoms with Crippen molar-refractivity contribution >= 4 is 23.7 Å². The van der Waals surface area contributed by atoms with Crippen molar-refractivity contribution in [2.24, 2.45) is 0 Å². The quantitative estimate of drug-likeness (QED) is 0.495. The largest absolute Gasteiger partial charge is 0.490 e. The lowest BCUT2D eigenvalue weighted by atomic mass is 9.92. The number of nitrogens with zero attached hydrogens (tertiary/aromatic N) is 2. The Morgan fingerprint density at radius 3 is 2.13 bits per heavy atom. The van der Waals surface area contributed by atoms with Gasteiger partial charge in [0, 0.05) is 36.3 Å². The lowest BCUT2D eigenvalue weighted by molar-refractivity contribution is -0.193. The van der Waals surface area contributed by atoms with Gasteiger partial charge in [0.2, 0.25) is 0 Å². The highest BCUT2D eigenvalue weighted by atomic mass is 32.2. The third-order valence-electron chi connectivity index (χ3n) is 5.17. The number of halogens is 7. The number of carboxylic acids is 2. The molecule has 0 bridgehead atoms. The fourth-order valence-electron chi connectivity index (χ4n) is 3.59. The Kier molecular flexibility index (Phi) is 10.9. The summed E-state index contributed by atoms with van der Waals surface area (Å²) >= 11 is 2.03. The highest BCUT2D eigenvalue weighted by Crippen LogP contribution is 2.46. The maximum atomic E-state index is 13.3. The van der Waals surface area contributed by atoms with E-state index in [0.717, 1.165) is 43.1 Å². The minimum atomic E-state index is -5.08. The molecule has 3 heterocycles. The Hall–Kier alpha value is -2.91. The number of alkyl halides is 6. The summed E-state index contributed by atoms with van der Waals surface area (Å²) in [6, 6.07) is 12.8. The van der Waals surface area contributed by atoms with Crippen LogP contribution in [0.15, 0.2) is 48.7 Å². The average molecular weight is 572 g/mol. The molecule has 0 aliphatic carbocycles. The van der Waals surface area contributed by atoms with Crippen LogP contribution in [-0.2, 0) is 27.5 Å². The molecule has 1 unspecified atom stereocenters. The van der Waals surface area contributed by atoms with E-state index in [1.807, 2.05) is 36.0 Å². The van der Waals surface area contributed by atoms with Gasteiger partial charge in [0.15, 0.2) is 0 Å². The Morgan fingerprint density at radius 2 is 1.63 bits per heavy atom. The highest BCUT2D eigenvalue weighted by molar-refractivity contribution is 8.01. The highest BCUT2D eigenvalue weighted by Gasteiger charge is 2.49. The summed E-state index contributed by atoms with van der Waals surface area (Å²) in [5, 5.41) is 14.2. The third kappa shape index (κ3) is 10.5. The van der Waals surface area contributed by atoms with Crippen molar-refractivity contribution in [3.63, 3.8) is 0 Å². The van der Waals surface area contributed by atoms with Gasteiger partial charge >= 0.3 is 24.3 Å². The molecule has 0 amide bonds. The molecule has 0 saturated carbocycles. The number of hydrogen-bond acceptors (Lipinski definition) is 6. The summed E-state index contributed by atoms with van der Waals surface area (Å²) in [4.78, 5) is 24.5. The zero-order chi connectivity index (χ0) is 28.6. The Bertz CT molecular complexity index is 1040. The van der Waals surface area contributed by atoms with E-state index in [1.165, 1.54) is 6.07 Å². The summed E-state index contributed by atoms with van der Waals surface area (Å²) in [7, 11) is 0. The zero-order valence-corrected chi connectivity index (χ0v) is 20.3. The van der Waals surface area contributed by atoms with E-state index in [9.17, 15) is 30.7 Å². The van der Waals surface area contributed by atoms with Crippen molar-refractivity contribution in [3.8, 4) is 0 Å². The monoisotopic (exact) mass is 572 g/mol. The van der Waals surface area contributed by atoms with Crippen LogP contribution >= 0.6 is 11.8 Å². The number of ether oxygens (including phenoxy) is 1. The minimum absolute atomic E-state index is 0.152. The summed E-state index contributed by atoms with van der Waals surface area (Å²) in [6.07, 6.45) is -6.95. The molecule has 2 fully saturated rings. The topological polar surface area (TPSA) is 100.0 Å². The van der Waals surface area contributed by atoms with Gasteiger partial charge in [-0.1, -0.05) is 18.2 Å². The van der Waals surface area contributed by atoms with Crippen molar-refractivity contribution in [2.75, 3.05) is 18.8 Å². The molecule has 2 aliphatic heterocycles. The van der Waals surface area contributed by atoms with Gasteiger partial charge in [-0.05, 0) is 36.2 Å². The molecule has 2 saturated heterocycles.